The Balaban J connectivity index is 1.77. The van der Waals surface area contributed by atoms with Crippen molar-refractivity contribution in [1.29, 1.82) is 0 Å². The molecule has 0 fully saturated rings. The summed E-state index contributed by atoms with van der Waals surface area (Å²) in [7, 11) is 4.24. The molecule has 0 saturated carbocycles. The van der Waals surface area contributed by atoms with Gasteiger partial charge in [-0.1, -0.05) is 42.5 Å². The van der Waals surface area contributed by atoms with Gasteiger partial charge in [-0.25, -0.2) is 4.98 Å². The lowest BCUT2D eigenvalue weighted by atomic mass is 10.1. The third-order valence-electron chi connectivity index (χ3n) is 4.78. The molecule has 1 aromatic heterocycles. The minimum absolute atomic E-state index is 0.537. The van der Waals surface area contributed by atoms with Gasteiger partial charge in [-0.2, -0.15) is 0 Å². The van der Waals surface area contributed by atoms with Gasteiger partial charge in [-0.15, -0.1) is 11.8 Å². The van der Waals surface area contributed by atoms with Crippen molar-refractivity contribution in [2.75, 3.05) is 33.0 Å². The molecule has 1 aliphatic heterocycles. The summed E-state index contributed by atoms with van der Waals surface area (Å²) in [6.07, 6.45) is 1.12. The zero-order valence-electron chi connectivity index (χ0n) is 15.4. The molecule has 1 unspecified atom stereocenters. The Morgan fingerprint density at radius 3 is 2.69 bits per heavy atom. The molecule has 0 spiro atoms. The van der Waals surface area contributed by atoms with Crippen molar-refractivity contribution in [2.24, 2.45) is 0 Å². The van der Waals surface area contributed by atoms with Gasteiger partial charge in [0.15, 0.2) is 10.8 Å². The normalized spacial score (nSPS) is 19.8. The summed E-state index contributed by atoms with van der Waals surface area (Å²) in [6, 6.07) is 18.9. The van der Waals surface area contributed by atoms with E-state index in [2.05, 4.69) is 78.2 Å². The highest BCUT2D eigenvalue weighted by Crippen LogP contribution is 2.46. The van der Waals surface area contributed by atoms with Gasteiger partial charge in [-0.3, -0.25) is 0 Å². The van der Waals surface area contributed by atoms with Gasteiger partial charge < -0.3 is 14.2 Å². The monoisotopic (exact) mass is 367 g/mol. The molecule has 0 saturated heterocycles. The van der Waals surface area contributed by atoms with Crippen LogP contribution in [-0.2, 0) is 16.2 Å². The second-order valence-corrected chi connectivity index (χ2v) is 8.18. The van der Waals surface area contributed by atoms with E-state index in [1.165, 1.54) is 11.1 Å². The summed E-state index contributed by atoms with van der Waals surface area (Å²) in [4.78, 5) is 6.70. The fourth-order valence-electron chi connectivity index (χ4n) is 3.55. The summed E-state index contributed by atoms with van der Waals surface area (Å²) in [5, 5.41) is 0. The average molecular weight is 368 g/mol. The Morgan fingerprint density at radius 1 is 1.12 bits per heavy atom. The molecule has 2 heterocycles. The van der Waals surface area contributed by atoms with Crippen LogP contribution in [0, 0.1) is 0 Å². The number of rotatable bonds is 6. The maximum absolute atomic E-state index is 6.48. The summed E-state index contributed by atoms with van der Waals surface area (Å²) < 4.78 is 8.82. The van der Waals surface area contributed by atoms with Crippen molar-refractivity contribution in [3.8, 4) is 0 Å². The molecular weight excluding hydrogens is 342 g/mol. The Bertz CT molecular complexity index is 877. The summed E-state index contributed by atoms with van der Waals surface area (Å²) in [5.74, 6) is 2.04. The maximum atomic E-state index is 6.48. The average Bonchev–Trinajstić information content (AvgIpc) is 3.06. The van der Waals surface area contributed by atoms with E-state index < -0.39 is 4.93 Å². The smallest absolute Gasteiger partial charge is 0.197 e. The number of ether oxygens (including phenoxy) is 1. The lowest BCUT2D eigenvalue weighted by Gasteiger charge is -2.37. The largest absolute Gasteiger partial charge is 0.351 e. The third kappa shape index (κ3) is 3.15. The van der Waals surface area contributed by atoms with Crippen molar-refractivity contribution < 1.29 is 4.74 Å². The molecular formula is C21H25N3OS. The van der Waals surface area contributed by atoms with Crippen LogP contribution in [0.25, 0.3) is 11.0 Å². The molecule has 136 valence electrons. The van der Waals surface area contributed by atoms with Crippen molar-refractivity contribution in [1.82, 2.24) is 14.5 Å². The molecule has 2 aromatic carbocycles. The number of hydrogen-bond donors (Lipinski definition) is 0. The SMILES string of the molecule is CN(C)CCCSC1(c2ccccc2)OCCn2c1nc1ccccc12. The topological polar surface area (TPSA) is 30.3 Å². The van der Waals surface area contributed by atoms with E-state index in [0.29, 0.717) is 6.61 Å². The Labute approximate surface area is 159 Å². The quantitative estimate of drug-likeness (QED) is 0.617. The molecule has 3 aromatic rings. The van der Waals surface area contributed by atoms with Crippen molar-refractivity contribution in [3.05, 3.63) is 66.0 Å². The number of imidazole rings is 1. The second-order valence-electron chi connectivity index (χ2n) is 6.91. The molecule has 26 heavy (non-hydrogen) atoms. The van der Waals surface area contributed by atoms with Crippen LogP contribution >= 0.6 is 11.8 Å². The van der Waals surface area contributed by atoms with E-state index in [0.717, 1.165) is 36.6 Å². The van der Waals surface area contributed by atoms with Gasteiger partial charge in [0, 0.05) is 12.1 Å². The number of nitrogens with zero attached hydrogens (tertiary/aromatic N) is 3. The number of thioether (sulfide) groups is 1. The first kappa shape index (κ1) is 17.6. The van der Waals surface area contributed by atoms with Crippen LogP contribution in [0.2, 0.25) is 0 Å². The van der Waals surface area contributed by atoms with Crippen LogP contribution in [0.3, 0.4) is 0 Å². The molecule has 4 nitrogen and oxygen atoms in total. The molecule has 0 amide bonds. The molecule has 0 aliphatic carbocycles. The first-order valence-corrected chi connectivity index (χ1v) is 10.1. The maximum Gasteiger partial charge on any atom is 0.197 e. The highest BCUT2D eigenvalue weighted by molar-refractivity contribution is 8.00. The minimum atomic E-state index is -0.537. The van der Waals surface area contributed by atoms with E-state index in [1.54, 1.807) is 0 Å². The van der Waals surface area contributed by atoms with Crippen LogP contribution in [-0.4, -0.2) is 47.5 Å². The first-order valence-electron chi connectivity index (χ1n) is 9.14. The summed E-state index contributed by atoms with van der Waals surface area (Å²) in [5.41, 5.74) is 3.41. The predicted octanol–water partition coefficient (Wildman–Crippen LogP) is 3.95. The van der Waals surface area contributed by atoms with Crippen molar-refractivity contribution >= 4 is 22.8 Å². The van der Waals surface area contributed by atoms with E-state index in [-0.39, 0.29) is 0 Å². The van der Waals surface area contributed by atoms with E-state index in [9.17, 15) is 0 Å². The van der Waals surface area contributed by atoms with E-state index >= 15 is 0 Å². The molecule has 0 N–H and O–H groups in total. The first-order chi connectivity index (χ1) is 12.7. The van der Waals surface area contributed by atoms with Gasteiger partial charge in [-0.05, 0) is 44.9 Å². The molecule has 1 atom stereocenters. The Morgan fingerprint density at radius 2 is 1.88 bits per heavy atom. The van der Waals surface area contributed by atoms with Gasteiger partial charge in [0.25, 0.3) is 0 Å². The Kier molecular flexibility index (Phi) is 5.02. The summed E-state index contributed by atoms with van der Waals surface area (Å²) >= 11 is 1.87. The molecule has 0 bridgehead atoms. The zero-order chi connectivity index (χ0) is 18.0. The van der Waals surface area contributed by atoms with Crippen LogP contribution in [0.5, 0.6) is 0 Å². The fraction of sp³-hybridized carbons (Fsp3) is 0.381. The third-order valence-corrected chi connectivity index (χ3v) is 6.21. The van der Waals surface area contributed by atoms with Crippen LogP contribution in [0.4, 0.5) is 0 Å². The number of hydrogen-bond acceptors (Lipinski definition) is 4. The molecule has 1 aliphatic rings. The number of aromatic nitrogens is 2. The van der Waals surface area contributed by atoms with Crippen LogP contribution in [0.1, 0.15) is 17.8 Å². The number of benzene rings is 2. The van der Waals surface area contributed by atoms with Gasteiger partial charge in [0.2, 0.25) is 0 Å². The Hall–Kier alpha value is -1.82. The minimum Gasteiger partial charge on any atom is -0.351 e. The molecule has 0 radical (unpaired) electrons. The predicted molar refractivity (Wildman–Crippen MR) is 109 cm³/mol. The molecule has 4 rings (SSSR count). The van der Waals surface area contributed by atoms with Crippen LogP contribution in [0.15, 0.2) is 54.6 Å². The highest BCUT2D eigenvalue weighted by Gasteiger charge is 2.43. The zero-order valence-corrected chi connectivity index (χ0v) is 16.2. The van der Waals surface area contributed by atoms with Gasteiger partial charge in [0.05, 0.1) is 17.6 Å². The van der Waals surface area contributed by atoms with E-state index in [4.69, 9.17) is 9.72 Å². The van der Waals surface area contributed by atoms with Gasteiger partial charge in [0.1, 0.15) is 0 Å². The second kappa shape index (κ2) is 7.43. The standard InChI is InChI=1S/C21H25N3OS/c1-23(2)13-8-16-26-21(17-9-4-3-5-10-17)20-22-18-11-6-7-12-19(18)24(20)14-15-25-21/h3-7,9-12H,8,13-16H2,1-2H3. The summed E-state index contributed by atoms with van der Waals surface area (Å²) in [6.45, 7) is 2.62. The van der Waals surface area contributed by atoms with Crippen molar-refractivity contribution in [2.45, 2.75) is 17.9 Å². The lowest BCUT2D eigenvalue weighted by Crippen LogP contribution is -2.37. The lowest BCUT2D eigenvalue weighted by molar-refractivity contribution is 0.0173. The van der Waals surface area contributed by atoms with E-state index in [1.807, 2.05) is 11.8 Å². The number of fused-ring (bicyclic) bond motifs is 3. The van der Waals surface area contributed by atoms with Crippen molar-refractivity contribution in [3.63, 3.8) is 0 Å². The highest BCUT2D eigenvalue weighted by atomic mass is 32.2. The number of para-hydroxylation sites is 2. The fourth-order valence-corrected chi connectivity index (χ4v) is 4.87. The molecule has 5 heteroatoms. The van der Waals surface area contributed by atoms with Gasteiger partial charge >= 0.3 is 0 Å². The van der Waals surface area contributed by atoms with Crippen LogP contribution < -0.4 is 0 Å².